The molecule has 2 aromatic rings. The first kappa shape index (κ1) is 17.3. The van der Waals surface area contributed by atoms with E-state index in [2.05, 4.69) is 0 Å². The number of carbonyl (C=O) groups is 2. The lowest BCUT2D eigenvalue weighted by molar-refractivity contribution is -0.141. The van der Waals surface area contributed by atoms with Crippen molar-refractivity contribution in [1.29, 1.82) is 0 Å². The van der Waals surface area contributed by atoms with Gasteiger partial charge in [-0.15, -0.1) is 23.1 Å². The maximum absolute atomic E-state index is 11.8. The van der Waals surface area contributed by atoms with Crippen molar-refractivity contribution in [2.75, 3.05) is 12.4 Å². The summed E-state index contributed by atoms with van der Waals surface area (Å²) in [5, 5.41) is 0.658. The van der Waals surface area contributed by atoms with E-state index in [1.54, 1.807) is 18.2 Å². The highest BCUT2D eigenvalue weighted by Crippen LogP contribution is 2.27. The lowest BCUT2D eigenvalue weighted by Gasteiger charge is -2.04. The Morgan fingerprint density at radius 2 is 1.91 bits per heavy atom. The molecule has 1 aromatic heterocycles. The van der Waals surface area contributed by atoms with Crippen LogP contribution in [0.15, 0.2) is 41.3 Å². The van der Waals surface area contributed by atoms with Gasteiger partial charge in [-0.1, -0.05) is 35.3 Å². The molecular weight excluding hydrogens is 363 g/mol. The summed E-state index contributed by atoms with van der Waals surface area (Å²) in [6.45, 7) is -0.258. The Hall–Kier alpha value is -1.01. The summed E-state index contributed by atoms with van der Waals surface area (Å²) >= 11 is 14.4. The molecule has 116 valence electrons. The van der Waals surface area contributed by atoms with Crippen LogP contribution >= 0.6 is 46.3 Å². The van der Waals surface area contributed by atoms with Gasteiger partial charge in [0.1, 0.15) is 0 Å². The van der Waals surface area contributed by atoms with E-state index in [9.17, 15) is 9.59 Å². The molecule has 0 saturated carbocycles. The Morgan fingerprint density at radius 1 is 1.14 bits per heavy atom. The van der Waals surface area contributed by atoms with Gasteiger partial charge in [0.05, 0.1) is 20.7 Å². The molecule has 1 aromatic carbocycles. The SMILES string of the molecule is O=C(CCSc1ccccc1Cl)OCC(=O)c1ccc(Cl)s1. The third-order valence-electron chi connectivity index (χ3n) is 2.61. The summed E-state index contributed by atoms with van der Waals surface area (Å²) in [6, 6.07) is 10.7. The average Bonchev–Trinajstić information content (AvgIpc) is 2.93. The molecule has 0 amide bonds. The lowest BCUT2D eigenvalue weighted by atomic mass is 10.3. The zero-order chi connectivity index (χ0) is 15.9. The van der Waals surface area contributed by atoms with Crippen LogP contribution in [0.2, 0.25) is 9.36 Å². The van der Waals surface area contributed by atoms with Crippen molar-refractivity contribution in [2.45, 2.75) is 11.3 Å². The van der Waals surface area contributed by atoms with Gasteiger partial charge in [-0.25, -0.2) is 0 Å². The third kappa shape index (κ3) is 5.32. The predicted octanol–water partition coefficient (Wildman–Crippen LogP) is 4.96. The normalized spacial score (nSPS) is 10.5. The van der Waals surface area contributed by atoms with Crippen molar-refractivity contribution in [3.05, 3.63) is 50.6 Å². The molecule has 0 aliphatic carbocycles. The monoisotopic (exact) mass is 374 g/mol. The van der Waals surface area contributed by atoms with Crippen molar-refractivity contribution < 1.29 is 14.3 Å². The molecule has 0 aliphatic heterocycles. The fraction of sp³-hybridized carbons (Fsp3) is 0.200. The molecule has 0 fully saturated rings. The van der Waals surface area contributed by atoms with Gasteiger partial charge in [0.25, 0.3) is 0 Å². The fourth-order valence-corrected chi connectivity index (χ4v) is 3.70. The number of thiophene rings is 1. The first-order valence-electron chi connectivity index (χ1n) is 6.38. The molecule has 0 aliphatic rings. The number of rotatable bonds is 7. The highest BCUT2D eigenvalue weighted by Gasteiger charge is 2.12. The Morgan fingerprint density at radius 3 is 2.59 bits per heavy atom. The van der Waals surface area contributed by atoms with Crippen LogP contribution in [-0.4, -0.2) is 24.1 Å². The van der Waals surface area contributed by atoms with E-state index >= 15 is 0 Å². The van der Waals surface area contributed by atoms with E-state index in [1.165, 1.54) is 23.1 Å². The summed E-state index contributed by atoms with van der Waals surface area (Å²) < 4.78 is 5.50. The second-order valence-corrected chi connectivity index (χ2v) is 7.48. The fourth-order valence-electron chi connectivity index (χ4n) is 1.56. The van der Waals surface area contributed by atoms with Gasteiger partial charge in [-0.05, 0) is 24.3 Å². The van der Waals surface area contributed by atoms with Crippen molar-refractivity contribution >= 4 is 58.1 Å². The Labute approximate surface area is 146 Å². The van der Waals surface area contributed by atoms with E-state index in [0.29, 0.717) is 20.0 Å². The molecule has 7 heteroatoms. The van der Waals surface area contributed by atoms with Gasteiger partial charge < -0.3 is 4.74 Å². The van der Waals surface area contributed by atoms with E-state index in [0.717, 1.165) is 4.90 Å². The average molecular weight is 375 g/mol. The lowest BCUT2D eigenvalue weighted by Crippen LogP contribution is -2.13. The van der Waals surface area contributed by atoms with Crippen LogP contribution in [0.1, 0.15) is 16.1 Å². The molecule has 0 N–H and O–H groups in total. The summed E-state index contributed by atoms with van der Waals surface area (Å²) in [4.78, 5) is 24.8. The smallest absolute Gasteiger partial charge is 0.307 e. The number of ketones is 1. The van der Waals surface area contributed by atoms with Crippen molar-refractivity contribution in [3.8, 4) is 0 Å². The van der Waals surface area contributed by atoms with E-state index in [-0.39, 0.29) is 18.8 Å². The van der Waals surface area contributed by atoms with Crippen molar-refractivity contribution in [3.63, 3.8) is 0 Å². The standard InChI is InChI=1S/C15H12Cl2O3S2/c16-10-3-1-2-4-12(10)21-8-7-15(19)20-9-11(18)13-5-6-14(17)22-13/h1-6H,7-9H2. The molecule has 1 heterocycles. The Bertz CT molecular complexity index is 670. The summed E-state index contributed by atoms with van der Waals surface area (Å²) in [6.07, 6.45) is 0.217. The summed E-state index contributed by atoms with van der Waals surface area (Å²) in [7, 11) is 0. The van der Waals surface area contributed by atoms with E-state index in [1.807, 2.05) is 18.2 Å². The first-order valence-corrected chi connectivity index (χ1v) is 8.93. The van der Waals surface area contributed by atoms with Gasteiger partial charge in [0, 0.05) is 10.6 Å². The minimum Gasteiger partial charge on any atom is -0.457 e. The minimum absolute atomic E-state index is 0.217. The zero-order valence-electron chi connectivity index (χ0n) is 11.4. The quantitative estimate of drug-likeness (QED) is 0.390. The molecule has 22 heavy (non-hydrogen) atoms. The van der Waals surface area contributed by atoms with Crippen LogP contribution in [0.4, 0.5) is 0 Å². The molecule has 0 saturated heterocycles. The third-order valence-corrected chi connectivity index (χ3v) is 5.40. The van der Waals surface area contributed by atoms with Gasteiger partial charge in [-0.2, -0.15) is 0 Å². The number of carbonyl (C=O) groups excluding carboxylic acids is 2. The summed E-state index contributed by atoms with van der Waals surface area (Å²) in [5.41, 5.74) is 0. The molecule has 3 nitrogen and oxygen atoms in total. The van der Waals surface area contributed by atoms with Gasteiger partial charge >= 0.3 is 5.97 Å². The molecule has 0 unspecified atom stereocenters. The highest BCUT2D eigenvalue weighted by atomic mass is 35.5. The maximum Gasteiger partial charge on any atom is 0.307 e. The van der Waals surface area contributed by atoms with Crippen molar-refractivity contribution in [2.24, 2.45) is 0 Å². The second kappa shape index (κ2) is 8.58. The number of esters is 1. The molecule has 2 rings (SSSR count). The number of halogens is 2. The number of ether oxygens (including phenoxy) is 1. The molecule has 0 spiro atoms. The van der Waals surface area contributed by atoms with Crippen LogP contribution in [0.3, 0.4) is 0 Å². The predicted molar refractivity (Wildman–Crippen MR) is 91.4 cm³/mol. The maximum atomic E-state index is 11.8. The number of thioether (sulfide) groups is 1. The second-order valence-electron chi connectivity index (χ2n) is 4.22. The molecular formula is C15H12Cl2O3S2. The summed E-state index contributed by atoms with van der Waals surface area (Å²) in [5.74, 6) is -0.110. The Kier molecular flexibility index (Phi) is 6.76. The number of hydrogen-bond acceptors (Lipinski definition) is 5. The molecule has 0 atom stereocenters. The number of benzene rings is 1. The van der Waals surface area contributed by atoms with Gasteiger partial charge in [0.2, 0.25) is 5.78 Å². The van der Waals surface area contributed by atoms with Crippen LogP contribution in [0.25, 0.3) is 0 Å². The van der Waals surface area contributed by atoms with E-state index in [4.69, 9.17) is 27.9 Å². The number of hydrogen-bond donors (Lipinski definition) is 0. The van der Waals surface area contributed by atoms with Crippen molar-refractivity contribution in [1.82, 2.24) is 0 Å². The Balaban J connectivity index is 1.70. The van der Waals surface area contributed by atoms with Crippen LogP contribution < -0.4 is 0 Å². The van der Waals surface area contributed by atoms with E-state index < -0.39 is 5.97 Å². The highest BCUT2D eigenvalue weighted by molar-refractivity contribution is 7.99. The largest absolute Gasteiger partial charge is 0.457 e. The molecule has 0 bridgehead atoms. The minimum atomic E-state index is -0.407. The molecule has 0 radical (unpaired) electrons. The van der Waals surface area contributed by atoms with Crippen LogP contribution in [0.5, 0.6) is 0 Å². The van der Waals surface area contributed by atoms with Crippen LogP contribution in [0, 0.1) is 0 Å². The number of Topliss-reactive ketones (excluding diaryl/α,β-unsaturated/α-hetero) is 1. The first-order chi connectivity index (χ1) is 10.6. The van der Waals surface area contributed by atoms with Gasteiger partial charge in [-0.3, -0.25) is 9.59 Å². The zero-order valence-corrected chi connectivity index (χ0v) is 14.5. The van der Waals surface area contributed by atoms with Gasteiger partial charge in [0.15, 0.2) is 6.61 Å². The topological polar surface area (TPSA) is 43.4 Å². The van der Waals surface area contributed by atoms with Crippen LogP contribution in [-0.2, 0) is 9.53 Å².